The molecule has 0 saturated heterocycles. The first-order valence-electron chi connectivity index (χ1n) is 6.21. The Morgan fingerprint density at radius 3 is 2.12 bits per heavy atom. The lowest BCUT2D eigenvalue weighted by atomic mass is 9.95. The Bertz CT molecular complexity index is 183. The lowest BCUT2D eigenvalue weighted by Gasteiger charge is -2.30. The standard InChI is InChI=1S/C13H30N2O/c1-12(2,3)10-15(6)9-7-8-13(4,11-16)14-5/h14,16H,7-11H2,1-6H3. The summed E-state index contributed by atoms with van der Waals surface area (Å²) in [6.45, 7) is 11.2. The molecule has 0 aromatic carbocycles. The van der Waals surface area contributed by atoms with Crippen molar-refractivity contribution in [3.63, 3.8) is 0 Å². The average Bonchev–Trinajstić information content (AvgIpc) is 2.14. The van der Waals surface area contributed by atoms with Gasteiger partial charge in [-0.25, -0.2) is 0 Å². The molecule has 0 aliphatic rings. The van der Waals surface area contributed by atoms with Gasteiger partial charge in [0.05, 0.1) is 6.61 Å². The largest absolute Gasteiger partial charge is 0.394 e. The number of likely N-dealkylation sites (N-methyl/N-ethyl adjacent to an activating group) is 1. The molecule has 0 bridgehead atoms. The van der Waals surface area contributed by atoms with E-state index in [9.17, 15) is 5.11 Å². The fraction of sp³-hybridized carbons (Fsp3) is 1.00. The van der Waals surface area contributed by atoms with Crippen LogP contribution in [0.1, 0.15) is 40.5 Å². The second kappa shape index (κ2) is 6.58. The van der Waals surface area contributed by atoms with E-state index in [0.717, 1.165) is 25.9 Å². The Balaban J connectivity index is 3.81. The van der Waals surface area contributed by atoms with Gasteiger partial charge in [0.1, 0.15) is 0 Å². The van der Waals surface area contributed by atoms with Crippen LogP contribution in [0, 0.1) is 5.41 Å². The first-order chi connectivity index (χ1) is 7.22. The van der Waals surface area contributed by atoms with E-state index in [2.05, 4.69) is 45.0 Å². The number of hydrogen-bond donors (Lipinski definition) is 2. The molecular weight excluding hydrogens is 200 g/mol. The first-order valence-corrected chi connectivity index (χ1v) is 6.21. The maximum absolute atomic E-state index is 9.26. The lowest BCUT2D eigenvalue weighted by Crippen LogP contribution is -2.44. The number of nitrogens with zero attached hydrogens (tertiary/aromatic N) is 1. The highest BCUT2D eigenvalue weighted by Gasteiger charge is 2.20. The second-order valence-corrected chi connectivity index (χ2v) is 6.37. The van der Waals surface area contributed by atoms with Crippen LogP contribution in [0.4, 0.5) is 0 Å². The van der Waals surface area contributed by atoms with Gasteiger partial charge < -0.3 is 15.3 Å². The second-order valence-electron chi connectivity index (χ2n) is 6.37. The molecule has 0 aliphatic heterocycles. The van der Waals surface area contributed by atoms with Crippen molar-refractivity contribution in [1.29, 1.82) is 0 Å². The van der Waals surface area contributed by atoms with Gasteiger partial charge in [0.15, 0.2) is 0 Å². The molecular formula is C13H30N2O. The predicted octanol–water partition coefficient (Wildman–Crippen LogP) is 1.71. The topological polar surface area (TPSA) is 35.5 Å². The van der Waals surface area contributed by atoms with Gasteiger partial charge in [0.2, 0.25) is 0 Å². The van der Waals surface area contributed by atoms with Gasteiger partial charge in [0.25, 0.3) is 0 Å². The Morgan fingerprint density at radius 2 is 1.75 bits per heavy atom. The third-order valence-corrected chi connectivity index (χ3v) is 2.97. The Kier molecular flexibility index (Phi) is 6.53. The minimum atomic E-state index is -0.122. The summed E-state index contributed by atoms with van der Waals surface area (Å²) in [5, 5.41) is 12.4. The summed E-state index contributed by atoms with van der Waals surface area (Å²) >= 11 is 0. The van der Waals surface area contributed by atoms with Gasteiger partial charge >= 0.3 is 0 Å². The number of nitrogens with one attached hydrogen (secondary N) is 1. The van der Waals surface area contributed by atoms with Crippen LogP contribution < -0.4 is 5.32 Å². The Hall–Kier alpha value is -0.120. The summed E-state index contributed by atoms with van der Waals surface area (Å²) in [7, 11) is 4.08. The molecule has 3 nitrogen and oxygen atoms in total. The van der Waals surface area contributed by atoms with Gasteiger partial charge in [0, 0.05) is 12.1 Å². The molecule has 16 heavy (non-hydrogen) atoms. The van der Waals surface area contributed by atoms with E-state index >= 15 is 0 Å². The summed E-state index contributed by atoms with van der Waals surface area (Å²) in [6.07, 6.45) is 2.12. The number of aliphatic hydroxyl groups is 1. The van der Waals surface area contributed by atoms with Crippen molar-refractivity contribution in [1.82, 2.24) is 10.2 Å². The summed E-state index contributed by atoms with van der Waals surface area (Å²) in [5.41, 5.74) is 0.237. The van der Waals surface area contributed by atoms with Crippen LogP contribution >= 0.6 is 0 Å². The van der Waals surface area contributed by atoms with Gasteiger partial charge in [-0.2, -0.15) is 0 Å². The van der Waals surface area contributed by atoms with E-state index in [1.54, 1.807) is 0 Å². The minimum absolute atomic E-state index is 0.122. The van der Waals surface area contributed by atoms with Crippen LogP contribution in [0.2, 0.25) is 0 Å². The van der Waals surface area contributed by atoms with E-state index in [1.807, 2.05) is 7.05 Å². The Labute approximate surface area is 101 Å². The van der Waals surface area contributed by atoms with Crippen LogP contribution in [-0.4, -0.2) is 49.3 Å². The van der Waals surface area contributed by atoms with Crippen molar-refractivity contribution < 1.29 is 5.11 Å². The van der Waals surface area contributed by atoms with E-state index in [-0.39, 0.29) is 12.1 Å². The molecule has 2 N–H and O–H groups in total. The summed E-state index contributed by atoms with van der Waals surface area (Å²) in [4.78, 5) is 2.37. The van der Waals surface area contributed by atoms with Crippen molar-refractivity contribution in [3.05, 3.63) is 0 Å². The van der Waals surface area contributed by atoms with Crippen molar-refractivity contribution in [2.45, 2.75) is 46.1 Å². The van der Waals surface area contributed by atoms with E-state index in [1.165, 1.54) is 0 Å². The lowest BCUT2D eigenvalue weighted by molar-refractivity contribution is 0.161. The molecule has 0 saturated carbocycles. The average molecular weight is 230 g/mol. The Morgan fingerprint density at radius 1 is 1.19 bits per heavy atom. The number of rotatable bonds is 7. The van der Waals surface area contributed by atoms with Crippen molar-refractivity contribution in [3.8, 4) is 0 Å². The van der Waals surface area contributed by atoms with Crippen molar-refractivity contribution in [2.75, 3.05) is 33.8 Å². The SMILES string of the molecule is CNC(C)(CO)CCCN(C)CC(C)(C)C. The number of hydrogen-bond acceptors (Lipinski definition) is 3. The zero-order valence-corrected chi connectivity index (χ0v) is 11.9. The molecule has 0 aromatic rings. The zero-order valence-electron chi connectivity index (χ0n) is 11.9. The minimum Gasteiger partial charge on any atom is -0.394 e. The normalized spacial score (nSPS) is 16.5. The quantitative estimate of drug-likeness (QED) is 0.699. The highest BCUT2D eigenvalue weighted by molar-refractivity contribution is 4.80. The van der Waals surface area contributed by atoms with Crippen LogP contribution in [0.5, 0.6) is 0 Å². The third-order valence-electron chi connectivity index (χ3n) is 2.97. The maximum Gasteiger partial charge on any atom is 0.0610 e. The molecule has 0 amide bonds. The molecule has 0 heterocycles. The fourth-order valence-electron chi connectivity index (χ4n) is 1.91. The predicted molar refractivity (Wildman–Crippen MR) is 70.7 cm³/mol. The zero-order chi connectivity index (χ0) is 12.8. The van der Waals surface area contributed by atoms with Crippen LogP contribution in [-0.2, 0) is 0 Å². The summed E-state index contributed by atoms with van der Waals surface area (Å²) < 4.78 is 0. The van der Waals surface area contributed by atoms with Crippen molar-refractivity contribution >= 4 is 0 Å². The first kappa shape index (κ1) is 15.9. The molecule has 0 aromatic heterocycles. The molecule has 1 atom stereocenters. The van der Waals surface area contributed by atoms with Gasteiger partial charge in [-0.3, -0.25) is 0 Å². The molecule has 0 rings (SSSR count). The molecule has 0 radical (unpaired) electrons. The van der Waals surface area contributed by atoms with Gasteiger partial charge in [-0.05, 0) is 45.8 Å². The van der Waals surface area contributed by atoms with Gasteiger partial charge in [-0.15, -0.1) is 0 Å². The monoisotopic (exact) mass is 230 g/mol. The molecule has 98 valence electrons. The third kappa shape index (κ3) is 7.20. The van der Waals surface area contributed by atoms with Crippen molar-refractivity contribution in [2.24, 2.45) is 5.41 Å². The summed E-state index contributed by atoms with van der Waals surface area (Å²) in [5.74, 6) is 0. The van der Waals surface area contributed by atoms with Crippen LogP contribution in [0.15, 0.2) is 0 Å². The molecule has 0 aliphatic carbocycles. The molecule has 0 spiro atoms. The highest BCUT2D eigenvalue weighted by Crippen LogP contribution is 2.16. The molecule has 0 fully saturated rings. The fourth-order valence-corrected chi connectivity index (χ4v) is 1.91. The highest BCUT2D eigenvalue weighted by atomic mass is 16.3. The number of aliphatic hydroxyl groups excluding tert-OH is 1. The van der Waals surface area contributed by atoms with E-state index in [4.69, 9.17) is 0 Å². The van der Waals surface area contributed by atoms with Crippen LogP contribution in [0.25, 0.3) is 0 Å². The summed E-state index contributed by atoms with van der Waals surface area (Å²) in [6, 6.07) is 0. The maximum atomic E-state index is 9.26. The van der Waals surface area contributed by atoms with E-state index in [0.29, 0.717) is 5.41 Å². The molecule has 1 unspecified atom stereocenters. The van der Waals surface area contributed by atoms with Crippen LogP contribution in [0.3, 0.4) is 0 Å². The molecule has 3 heteroatoms. The van der Waals surface area contributed by atoms with E-state index < -0.39 is 0 Å². The van der Waals surface area contributed by atoms with Gasteiger partial charge in [-0.1, -0.05) is 20.8 Å². The smallest absolute Gasteiger partial charge is 0.0610 e.